The van der Waals surface area contributed by atoms with E-state index in [9.17, 15) is 9.59 Å². The highest BCUT2D eigenvalue weighted by Crippen LogP contribution is 2.26. The zero-order valence-electron chi connectivity index (χ0n) is 16.3. The fourth-order valence-electron chi connectivity index (χ4n) is 4.11. The van der Waals surface area contributed by atoms with E-state index in [-0.39, 0.29) is 17.9 Å². The molecule has 1 aromatic heterocycles. The van der Waals surface area contributed by atoms with Gasteiger partial charge >= 0.3 is 0 Å². The van der Waals surface area contributed by atoms with Gasteiger partial charge in [-0.2, -0.15) is 0 Å². The summed E-state index contributed by atoms with van der Waals surface area (Å²) < 4.78 is 0. The minimum absolute atomic E-state index is 0.0263. The molecule has 0 aromatic carbocycles. The van der Waals surface area contributed by atoms with Crippen molar-refractivity contribution in [1.29, 1.82) is 0 Å². The Morgan fingerprint density at radius 3 is 2.56 bits per heavy atom. The predicted molar refractivity (Wildman–Crippen MR) is 103 cm³/mol. The Labute approximate surface area is 161 Å². The fourth-order valence-corrected chi connectivity index (χ4v) is 4.11. The molecule has 0 unspecified atom stereocenters. The number of likely N-dealkylation sites (N-methyl/N-ethyl adjacent to an activating group) is 1. The van der Waals surface area contributed by atoms with Gasteiger partial charge in [0.1, 0.15) is 0 Å². The van der Waals surface area contributed by atoms with Gasteiger partial charge in [-0.1, -0.05) is 19.3 Å². The molecule has 2 aliphatic rings. The molecule has 3 rings (SSSR count). The Morgan fingerprint density at radius 2 is 1.89 bits per heavy atom. The average molecular weight is 374 g/mol. The van der Waals surface area contributed by atoms with Crippen molar-refractivity contribution in [3.05, 3.63) is 24.3 Å². The molecule has 0 spiro atoms. The third-order valence-corrected chi connectivity index (χ3v) is 5.59. The number of piperidine rings is 1. The van der Waals surface area contributed by atoms with E-state index in [0.717, 1.165) is 44.5 Å². The summed E-state index contributed by atoms with van der Waals surface area (Å²) >= 11 is 0. The standard InChI is InChI=1S/C20H31N5O2/c1-24(14-18-13-21-9-10-22-18)15-19(26)23-17-7-11-25(12-8-17)20(27)16-5-3-2-4-6-16/h9-10,13,16-17H,2-8,11-12,14-15H2,1H3,(H,23,26). The second-order valence-corrected chi connectivity index (χ2v) is 7.87. The third-order valence-electron chi connectivity index (χ3n) is 5.59. The summed E-state index contributed by atoms with van der Waals surface area (Å²) in [5, 5.41) is 3.12. The van der Waals surface area contributed by atoms with Gasteiger partial charge in [-0.05, 0) is 32.7 Å². The molecule has 0 radical (unpaired) electrons. The molecule has 1 N–H and O–H groups in total. The van der Waals surface area contributed by atoms with Crippen LogP contribution >= 0.6 is 0 Å². The Kier molecular flexibility index (Phi) is 7.15. The number of carbonyl (C=O) groups is 2. The van der Waals surface area contributed by atoms with Crippen molar-refractivity contribution in [2.45, 2.75) is 57.5 Å². The maximum Gasteiger partial charge on any atom is 0.234 e. The number of carbonyl (C=O) groups excluding carboxylic acids is 2. The fraction of sp³-hybridized carbons (Fsp3) is 0.700. The van der Waals surface area contributed by atoms with Crippen LogP contribution in [0.2, 0.25) is 0 Å². The van der Waals surface area contributed by atoms with Crippen molar-refractivity contribution in [2.24, 2.45) is 5.92 Å². The first kappa shape index (κ1) is 19.7. The SMILES string of the molecule is CN(CC(=O)NC1CCN(C(=O)C2CCCCC2)CC1)Cc1cnccn1. The molecule has 27 heavy (non-hydrogen) atoms. The zero-order chi connectivity index (χ0) is 19.1. The summed E-state index contributed by atoms with van der Waals surface area (Å²) in [6.07, 6.45) is 12.4. The molecule has 7 nitrogen and oxygen atoms in total. The number of rotatable bonds is 6. The lowest BCUT2D eigenvalue weighted by atomic mass is 9.87. The number of aromatic nitrogens is 2. The Morgan fingerprint density at radius 1 is 1.15 bits per heavy atom. The third kappa shape index (κ3) is 5.99. The normalized spacial score (nSPS) is 19.3. The molecule has 1 aromatic rings. The van der Waals surface area contributed by atoms with Crippen molar-refractivity contribution >= 4 is 11.8 Å². The topological polar surface area (TPSA) is 78.4 Å². The first-order valence-corrected chi connectivity index (χ1v) is 10.1. The molecule has 2 amide bonds. The zero-order valence-corrected chi connectivity index (χ0v) is 16.3. The van der Waals surface area contributed by atoms with Gasteiger partial charge in [0.2, 0.25) is 11.8 Å². The lowest BCUT2D eigenvalue weighted by Crippen LogP contribution is -2.49. The first-order valence-electron chi connectivity index (χ1n) is 10.1. The summed E-state index contributed by atoms with van der Waals surface area (Å²) in [4.78, 5) is 37.1. The first-order chi connectivity index (χ1) is 13.1. The van der Waals surface area contributed by atoms with Gasteiger partial charge in [0.25, 0.3) is 0 Å². The van der Waals surface area contributed by atoms with Gasteiger partial charge in [0.15, 0.2) is 0 Å². The quantitative estimate of drug-likeness (QED) is 0.819. The van der Waals surface area contributed by atoms with Gasteiger partial charge in [0, 0.05) is 50.2 Å². The van der Waals surface area contributed by atoms with Crippen LogP contribution in [0.4, 0.5) is 0 Å². The number of hydrogen-bond acceptors (Lipinski definition) is 5. The van der Waals surface area contributed by atoms with Crippen LogP contribution < -0.4 is 5.32 Å². The second kappa shape index (κ2) is 9.78. The van der Waals surface area contributed by atoms with E-state index >= 15 is 0 Å². The van der Waals surface area contributed by atoms with Crippen LogP contribution in [0.3, 0.4) is 0 Å². The van der Waals surface area contributed by atoms with E-state index in [1.165, 1.54) is 19.3 Å². The van der Waals surface area contributed by atoms with Gasteiger partial charge < -0.3 is 10.2 Å². The molecule has 0 atom stereocenters. The molecule has 1 aliphatic carbocycles. The van der Waals surface area contributed by atoms with Gasteiger partial charge in [-0.25, -0.2) is 0 Å². The lowest BCUT2D eigenvalue weighted by molar-refractivity contribution is -0.137. The number of amides is 2. The number of likely N-dealkylation sites (tertiary alicyclic amines) is 1. The van der Waals surface area contributed by atoms with Gasteiger partial charge in [0.05, 0.1) is 12.2 Å². The number of nitrogens with zero attached hydrogens (tertiary/aromatic N) is 4. The second-order valence-electron chi connectivity index (χ2n) is 7.87. The Hall–Kier alpha value is -2.02. The van der Waals surface area contributed by atoms with Crippen LogP contribution in [0.15, 0.2) is 18.6 Å². The predicted octanol–water partition coefficient (Wildman–Crippen LogP) is 1.60. The molecule has 1 saturated heterocycles. The van der Waals surface area contributed by atoms with Crippen molar-refractivity contribution in [1.82, 2.24) is 25.1 Å². The van der Waals surface area contributed by atoms with Crippen LogP contribution in [-0.2, 0) is 16.1 Å². The van der Waals surface area contributed by atoms with E-state index in [0.29, 0.717) is 19.0 Å². The highest BCUT2D eigenvalue weighted by atomic mass is 16.2. The Balaban J connectivity index is 1.37. The molecule has 2 heterocycles. The summed E-state index contributed by atoms with van der Waals surface area (Å²) in [6.45, 7) is 2.44. The summed E-state index contributed by atoms with van der Waals surface area (Å²) in [6, 6.07) is 0.165. The molecule has 1 aliphatic heterocycles. The van der Waals surface area contributed by atoms with E-state index in [1.807, 2.05) is 16.8 Å². The molecule has 7 heteroatoms. The van der Waals surface area contributed by atoms with Gasteiger partial charge in [-0.15, -0.1) is 0 Å². The maximum atomic E-state index is 12.6. The molecule has 148 valence electrons. The number of hydrogen-bond donors (Lipinski definition) is 1. The Bertz CT molecular complexity index is 610. The van der Waals surface area contributed by atoms with Crippen molar-refractivity contribution in [2.75, 3.05) is 26.7 Å². The molecular formula is C20H31N5O2. The van der Waals surface area contributed by atoms with E-state index in [1.54, 1.807) is 18.6 Å². The van der Waals surface area contributed by atoms with E-state index < -0.39 is 0 Å². The van der Waals surface area contributed by atoms with Crippen molar-refractivity contribution in [3.63, 3.8) is 0 Å². The van der Waals surface area contributed by atoms with Crippen LogP contribution in [0, 0.1) is 5.92 Å². The molecule has 2 fully saturated rings. The molecule has 1 saturated carbocycles. The maximum absolute atomic E-state index is 12.6. The monoisotopic (exact) mass is 373 g/mol. The van der Waals surface area contributed by atoms with Gasteiger partial charge in [-0.3, -0.25) is 24.5 Å². The minimum atomic E-state index is 0.0263. The molecular weight excluding hydrogens is 342 g/mol. The summed E-state index contributed by atoms with van der Waals surface area (Å²) in [5.74, 6) is 0.598. The highest BCUT2D eigenvalue weighted by molar-refractivity contribution is 5.79. The largest absolute Gasteiger partial charge is 0.352 e. The number of nitrogens with one attached hydrogen (secondary N) is 1. The minimum Gasteiger partial charge on any atom is -0.352 e. The van der Waals surface area contributed by atoms with Crippen LogP contribution in [-0.4, -0.2) is 64.3 Å². The van der Waals surface area contributed by atoms with Crippen molar-refractivity contribution in [3.8, 4) is 0 Å². The average Bonchev–Trinajstić information content (AvgIpc) is 2.69. The van der Waals surface area contributed by atoms with Crippen LogP contribution in [0.25, 0.3) is 0 Å². The van der Waals surface area contributed by atoms with Crippen LogP contribution in [0.1, 0.15) is 50.6 Å². The lowest BCUT2D eigenvalue weighted by Gasteiger charge is -2.35. The van der Waals surface area contributed by atoms with Crippen molar-refractivity contribution < 1.29 is 9.59 Å². The summed E-state index contributed by atoms with van der Waals surface area (Å²) in [5.41, 5.74) is 0.849. The smallest absolute Gasteiger partial charge is 0.234 e. The van der Waals surface area contributed by atoms with Crippen LogP contribution in [0.5, 0.6) is 0 Å². The highest BCUT2D eigenvalue weighted by Gasteiger charge is 2.29. The van der Waals surface area contributed by atoms with E-state index in [2.05, 4.69) is 15.3 Å². The van der Waals surface area contributed by atoms with E-state index in [4.69, 9.17) is 0 Å². The summed E-state index contributed by atoms with van der Waals surface area (Å²) in [7, 11) is 1.90. The molecule has 0 bridgehead atoms.